The van der Waals surface area contributed by atoms with Gasteiger partial charge in [0.05, 0.1) is 38.5 Å². The molecule has 0 saturated carbocycles. The van der Waals surface area contributed by atoms with Crippen LogP contribution in [0.2, 0.25) is 0 Å². The maximum absolute atomic E-state index is 13.8. The average molecular weight is 462 g/mol. The zero-order chi connectivity index (χ0) is 24.2. The summed E-state index contributed by atoms with van der Waals surface area (Å²) in [7, 11) is 0. The molecule has 0 N–H and O–H groups in total. The first-order valence-electron chi connectivity index (χ1n) is 12.4. The Morgan fingerprint density at radius 3 is 1.91 bits per heavy atom. The van der Waals surface area contributed by atoms with E-state index in [0.29, 0.717) is 39.3 Å². The summed E-state index contributed by atoms with van der Waals surface area (Å²) in [6, 6.07) is 20.5. The summed E-state index contributed by atoms with van der Waals surface area (Å²) in [4.78, 5) is 15.9. The number of likely N-dealkylation sites (tertiary alicyclic amines) is 1. The van der Waals surface area contributed by atoms with Gasteiger partial charge in [-0.1, -0.05) is 72.3 Å². The highest BCUT2D eigenvalue weighted by atomic mass is 16.5. The van der Waals surface area contributed by atoms with E-state index in [-0.39, 0.29) is 23.9 Å². The minimum atomic E-state index is -0.138. The molecule has 34 heavy (non-hydrogen) atoms. The highest BCUT2D eigenvalue weighted by Crippen LogP contribution is 2.29. The van der Waals surface area contributed by atoms with Crippen LogP contribution in [0.1, 0.15) is 50.2 Å². The molecule has 1 saturated heterocycles. The molecule has 4 heteroatoms. The van der Waals surface area contributed by atoms with Crippen molar-refractivity contribution < 1.29 is 14.3 Å². The minimum Gasteiger partial charge on any atom is -0.375 e. The standard InChI is InChI=1S/C30H39NO3/c1-4-12-27(19-24(2)3)30(32)31-28(22-33-20-25-13-7-5-8-14-25)17-11-18-29(31)23-34-21-26-15-9-6-10-16-26/h4-10,13-16,27-29H,1-2,11-12,17-23H2,3H3/t27-,28+,29+/m0/s1. The maximum atomic E-state index is 13.8. The van der Waals surface area contributed by atoms with Crippen LogP contribution in [0.3, 0.4) is 0 Å². The SMILES string of the molecule is C=CC[C@@H](CC(=C)C)C(=O)N1[C@@H](COCc2ccccc2)CCC[C@@H]1COCc1ccccc1. The molecule has 4 nitrogen and oxygen atoms in total. The summed E-state index contributed by atoms with van der Waals surface area (Å²) in [5.74, 6) is 0.0329. The molecule has 0 radical (unpaired) electrons. The second-order valence-electron chi connectivity index (χ2n) is 9.37. The lowest BCUT2D eigenvalue weighted by Gasteiger charge is -2.43. The van der Waals surface area contributed by atoms with Crippen LogP contribution in [0, 0.1) is 5.92 Å². The van der Waals surface area contributed by atoms with E-state index >= 15 is 0 Å². The number of nitrogens with zero attached hydrogens (tertiary/aromatic N) is 1. The number of hydrogen-bond acceptors (Lipinski definition) is 3. The molecule has 0 spiro atoms. The molecule has 3 rings (SSSR count). The molecule has 3 atom stereocenters. The largest absolute Gasteiger partial charge is 0.375 e. The van der Waals surface area contributed by atoms with E-state index in [1.807, 2.05) is 49.4 Å². The molecular formula is C30H39NO3. The smallest absolute Gasteiger partial charge is 0.226 e. The van der Waals surface area contributed by atoms with Crippen molar-refractivity contribution in [1.29, 1.82) is 0 Å². The summed E-state index contributed by atoms with van der Waals surface area (Å²) in [5, 5.41) is 0. The molecule has 182 valence electrons. The van der Waals surface area contributed by atoms with Gasteiger partial charge in [-0.05, 0) is 50.2 Å². The van der Waals surface area contributed by atoms with Crippen LogP contribution in [-0.4, -0.2) is 36.1 Å². The van der Waals surface area contributed by atoms with Gasteiger partial charge in [-0.25, -0.2) is 0 Å². The number of carbonyl (C=O) groups excluding carboxylic acids is 1. The monoisotopic (exact) mass is 461 g/mol. The van der Waals surface area contributed by atoms with Crippen molar-refractivity contribution in [2.75, 3.05) is 13.2 Å². The molecule has 0 aliphatic carbocycles. The van der Waals surface area contributed by atoms with Crippen molar-refractivity contribution in [1.82, 2.24) is 4.90 Å². The fourth-order valence-electron chi connectivity index (χ4n) is 4.73. The topological polar surface area (TPSA) is 38.8 Å². The zero-order valence-corrected chi connectivity index (χ0v) is 20.5. The van der Waals surface area contributed by atoms with Gasteiger partial charge in [0.2, 0.25) is 5.91 Å². The second kappa shape index (κ2) is 13.9. The Hall–Kier alpha value is -2.69. The Kier molecular flexibility index (Phi) is 10.6. The molecule has 1 aliphatic heterocycles. The van der Waals surface area contributed by atoms with Gasteiger partial charge in [-0.15, -0.1) is 13.2 Å². The fourth-order valence-corrected chi connectivity index (χ4v) is 4.73. The quantitative estimate of drug-likeness (QED) is 0.327. The van der Waals surface area contributed by atoms with Crippen molar-refractivity contribution in [2.24, 2.45) is 5.92 Å². The Morgan fingerprint density at radius 2 is 1.47 bits per heavy atom. The molecule has 2 aromatic rings. The van der Waals surface area contributed by atoms with E-state index < -0.39 is 0 Å². The van der Waals surface area contributed by atoms with Crippen LogP contribution >= 0.6 is 0 Å². The van der Waals surface area contributed by atoms with Gasteiger partial charge in [-0.2, -0.15) is 0 Å². The lowest BCUT2D eigenvalue weighted by atomic mass is 9.90. The highest BCUT2D eigenvalue weighted by Gasteiger charge is 2.37. The molecule has 0 bridgehead atoms. The number of rotatable bonds is 13. The summed E-state index contributed by atoms with van der Waals surface area (Å²) in [5.41, 5.74) is 3.31. The van der Waals surface area contributed by atoms with Crippen molar-refractivity contribution in [3.8, 4) is 0 Å². The molecule has 1 aliphatic rings. The summed E-state index contributed by atoms with van der Waals surface area (Å²) in [6.45, 7) is 12.1. The molecule has 1 amide bonds. The van der Waals surface area contributed by atoms with E-state index in [4.69, 9.17) is 9.47 Å². The highest BCUT2D eigenvalue weighted by molar-refractivity contribution is 5.80. The van der Waals surface area contributed by atoms with Crippen molar-refractivity contribution in [2.45, 2.75) is 64.3 Å². The third kappa shape index (κ3) is 7.96. The first kappa shape index (κ1) is 25.9. The number of carbonyl (C=O) groups is 1. The molecule has 0 unspecified atom stereocenters. The van der Waals surface area contributed by atoms with Gasteiger partial charge in [0, 0.05) is 5.92 Å². The predicted octanol–water partition coefficient (Wildman–Crippen LogP) is 6.33. The van der Waals surface area contributed by atoms with E-state index in [1.54, 1.807) is 0 Å². The van der Waals surface area contributed by atoms with Crippen molar-refractivity contribution in [3.05, 3.63) is 96.6 Å². The van der Waals surface area contributed by atoms with Crippen LogP contribution < -0.4 is 0 Å². The van der Waals surface area contributed by atoms with Crippen LogP contribution in [0.5, 0.6) is 0 Å². The van der Waals surface area contributed by atoms with E-state index in [9.17, 15) is 4.79 Å². The zero-order valence-electron chi connectivity index (χ0n) is 20.5. The summed E-state index contributed by atoms with van der Waals surface area (Å²) >= 11 is 0. The Morgan fingerprint density at radius 1 is 0.971 bits per heavy atom. The van der Waals surface area contributed by atoms with Crippen LogP contribution in [-0.2, 0) is 27.5 Å². The van der Waals surface area contributed by atoms with Gasteiger partial charge in [0.1, 0.15) is 0 Å². The minimum absolute atomic E-state index is 0.0488. The van der Waals surface area contributed by atoms with E-state index in [2.05, 4.69) is 42.3 Å². The predicted molar refractivity (Wildman–Crippen MR) is 138 cm³/mol. The van der Waals surface area contributed by atoms with Gasteiger partial charge in [-0.3, -0.25) is 4.79 Å². The maximum Gasteiger partial charge on any atom is 0.226 e. The summed E-state index contributed by atoms with van der Waals surface area (Å²) < 4.78 is 12.2. The lowest BCUT2D eigenvalue weighted by molar-refractivity contribution is -0.147. The Balaban J connectivity index is 1.70. The van der Waals surface area contributed by atoms with Crippen LogP contribution in [0.15, 0.2) is 85.5 Å². The third-order valence-electron chi connectivity index (χ3n) is 6.35. The number of piperidine rings is 1. The average Bonchev–Trinajstić information content (AvgIpc) is 2.85. The van der Waals surface area contributed by atoms with Crippen LogP contribution in [0.25, 0.3) is 0 Å². The molecule has 0 aromatic heterocycles. The van der Waals surface area contributed by atoms with Crippen LogP contribution in [0.4, 0.5) is 0 Å². The Labute approximate surface area is 205 Å². The van der Waals surface area contributed by atoms with Gasteiger partial charge in [0.25, 0.3) is 0 Å². The molecule has 1 fully saturated rings. The fraction of sp³-hybridized carbons (Fsp3) is 0.433. The van der Waals surface area contributed by atoms with E-state index in [0.717, 1.165) is 36.0 Å². The number of allylic oxidation sites excluding steroid dienone is 2. The third-order valence-corrected chi connectivity index (χ3v) is 6.35. The van der Waals surface area contributed by atoms with E-state index in [1.165, 1.54) is 0 Å². The first-order chi connectivity index (χ1) is 16.6. The lowest BCUT2D eigenvalue weighted by Crippen LogP contribution is -2.55. The summed E-state index contributed by atoms with van der Waals surface area (Å²) in [6.07, 6.45) is 6.13. The van der Waals surface area contributed by atoms with Gasteiger partial charge < -0.3 is 14.4 Å². The number of amides is 1. The van der Waals surface area contributed by atoms with Crippen molar-refractivity contribution >= 4 is 5.91 Å². The second-order valence-corrected chi connectivity index (χ2v) is 9.37. The number of benzene rings is 2. The molecular weight excluding hydrogens is 422 g/mol. The van der Waals surface area contributed by atoms with Crippen molar-refractivity contribution in [3.63, 3.8) is 0 Å². The number of ether oxygens (including phenoxy) is 2. The Bertz CT molecular complexity index is 842. The first-order valence-corrected chi connectivity index (χ1v) is 12.4. The molecule has 1 heterocycles. The normalized spacial score (nSPS) is 18.9. The van der Waals surface area contributed by atoms with Gasteiger partial charge in [0.15, 0.2) is 0 Å². The number of hydrogen-bond donors (Lipinski definition) is 0. The molecule has 2 aromatic carbocycles. The van der Waals surface area contributed by atoms with Gasteiger partial charge >= 0.3 is 0 Å².